The molecule has 1 unspecified atom stereocenters. The first kappa shape index (κ1) is 13.8. The molecule has 1 fully saturated rings. The number of aromatic nitrogens is 2. The van der Waals surface area contributed by atoms with Gasteiger partial charge in [0.15, 0.2) is 5.16 Å². The Morgan fingerprint density at radius 1 is 1.28 bits per heavy atom. The van der Waals surface area contributed by atoms with Crippen LogP contribution in [-0.2, 0) is 0 Å². The molecule has 0 saturated heterocycles. The first-order valence-electron chi connectivity index (χ1n) is 6.41. The quantitative estimate of drug-likeness (QED) is 0.606. The molecule has 0 aliphatic heterocycles. The maximum Gasteiger partial charge on any atom is 0.188 e. The van der Waals surface area contributed by atoms with Crippen molar-refractivity contribution >= 4 is 11.8 Å². The number of thioether (sulfide) groups is 1. The molecule has 1 heterocycles. The fraction of sp³-hybridized carbons (Fsp3) is 0.692. The van der Waals surface area contributed by atoms with Crippen molar-refractivity contribution < 1.29 is 5.11 Å². The highest BCUT2D eigenvalue weighted by Gasteiger charge is 2.24. The molecule has 0 amide bonds. The van der Waals surface area contributed by atoms with Crippen molar-refractivity contribution in [1.29, 1.82) is 0 Å². The number of aryl methyl sites for hydroxylation is 2. The number of nitrogens with one attached hydrogen (secondary N) is 1. The Morgan fingerprint density at radius 2 is 1.89 bits per heavy atom. The molecule has 1 aliphatic rings. The van der Waals surface area contributed by atoms with Gasteiger partial charge >= 0.3 is 0 Å². The van der Waals surface area contributed by atoms with E-state index in [2.05, 4.69) is 15.3 Å². The summed E-state index contributed by atoms with van der Waals surface area (Å²) in [6, 6.07) is 0.762. The van der Waals surface area contributed by atoms with Gasteiger partial charge in [-0.15, -0.1) is 0 Å². The van der Waals surface area contributed by atoms with E-state index in [4.69, 9.17) is 0 Å². The second-order valence-electron chi connectivity index (χ2n) is 4.93. The zero-order valence-electron chi connectivity index (χ0n) is 11.2. The highest BCUT2D eigenvalue weighted by molar-refractivity contribution is 7.99. The van der Waals surface area contributed by atoms with Gasteiger partial charge in [0.1, 0.15) is 0 Å². The number of aliphatic hydroxyl groups excluding tert-OH is 1. The summed E-state index contributed by atoms with van der Waals surface area (Å²) in [6.45, 7) is 6.25. The van der Waals surface area contributed by atoms with Gasteiger partial charge < -0.3 is 10.4 Å². The van der Waals surface area contributed by atoms with Crippen molar-refractivity contribution in [2.45, 2.75) is 50.9 Å². The monoisotopic (exact) mass is 267 g/mol. The number of hydrogen-bond donors (Lipinski definition) is 2. The molecular weight excluding hydrogens is 246 g/mol. The van der Waals surface area contributed by atoms with Crippen LogP contribution in [0.15, 0.2) is 5.16 Å². The van der Waals surface area contributed by atoms with Gasteiger partial charge in [0.2, 0.25) is 0 Å². The Kier molecular flexibility index (Phi) is 4.59. The second kappa shape index (κ2) is 5.99. The Labute approximate surface area is 113 Å². The molecule has 18 heavy (non-hydrogen) atoms. The Morgan fingerprint density at radius 3 is 2.39 bits per heavy atom. The van der Waals surface area contributed by atoms with Gasteiger partial charge in [-0.05, 0) is 39.2 Å². The fourth-order valence-electron chi connectivity index (χ4n) is 1.72. The van der Waals surface area contributed by atoms with Crippen molar-refractivity contribution in [2.75, 3.05) is 12.4 Å². The molecule has 2 rings (SSSR count). The number of hydrogen-bond acceptors (Lipinski definition) is 5. The summed E-state index contributed by atoms with van der Waals surface area (Å²) in [5.41, 5.74) is 3.25. The van der Waals surface area contributed by atoms with Crippen LogP contribution in [0.1, 0.15) is 29.8 Å². The number of nitrogens with zero attached hydrogens (tertiary/aromatic N) is 2. The van der Waals surface area contributed by atoms with Gasteiger partial charge in [0, 0.05) is 29.2 Å². The average molecular weight is 267 g/mol. The topological polar surface area (TPSA) is 58.0 Å². The summed E-state index contributed by atoms with van der Waals surface area (Å²) < 4.78 is 0. The lowest BCUT2D eigenvalue weighted by atomic mass is 10.2. The molecule has 100 valence electrons. The van der Waals surface area contributed by atoms with Gasteiger partial charge in [-0.1, -0.05) is 11.8 Å². The molecule has 0 radical (unpaired) electrons. The summed E-state index contributed by atoms with van der Waals surface area (Å²) in [4.78, 5) is 8.95. The van der Waals surface area contributed by atoms with Gasteiger partial charge in [-0.3, -0.25) is 0 Å². The fourth-order valence-corrected chi connectivity index (χ4v) is 2.67. The van der Waals surface area contributed by atoms with E-state index in [1.165, 1.54) is 12.8 Å². The minimum absolute atomic E-state index is 0.146. The maximum atomic E-state index is 9.32. The molecule has 1 aromatic heterocycles. The Balaban J connectivity index is 1.91. The van der Waals surface area contributed by atoms with Gasteiger partial charge in [-0.2, -0.15) is 0 Å². The smallest absolute Gasteiger partial charge is 0.188 e. The van der Waals surface area contributed by atoms with Crippen LogP contribution in [-0.4, -0.2) is 39.5 Å². The van der Waals surface area contributed by atoms with E-state index < -0.39 is 0 Å². The van der Waals surface area contributed by atoms with Crippen LogP contribution in [0.2, 0.25) is 0 Å². The molecule has 0 bridgehead atoms. The molecule has 1 saturated carbocycles. The zero-order valence-corrected chi connectivity index (χ0v) is 12.0. The second-order valence-corrected chi connectivity index (χ2v) is 5.92. The minimum atomic E-state index is 0.146. The van der Waals surface area contributed by atoms with Crippen LogP contribution in [0.3, 0.4) is 0 Å². The largest absolute Gasteiger partial charge is 0.395 e. The summed E-state index contributed by atoms with van der Waals surface area (Å²) in [7, 11) is 0. The normalized spacial score (nSPS) is 16.9. The van der Waals surface area contributed by atoms with E-state index in [1.54, 1.807) is 11.8 Å². The molecule has 2 N–H and O–H groups in total. The van der Waals surface area contributed by atoms with Gasteiger partial charge in [-0.25, -0.2) is 9.97 Å². The third-order valence-electron chi connectivity index (χ3n) is 3.29. The zero-order chi connectivity index (χ0) is 13.1. The Hall–Kier alpha value is -0.650. The van der Waals surface area contributed by atoms with Crippen molar-refractivity contribution in [1.82, 2.24) is 15.3 Å². The van der Waals surface area contributed by atoms with E-state index in [-0.39, 0.29) is 12.6 Å². The average Bonchev–Trinajstić information content (AvgIpc) is 3.15. The van der Waals surface area contributed by atoms with Crippen molar-refractivity contribution in [2.24, 2.45) is 0 Å². The van der Waals surface area contributed by atoms with Crippen molar-refractivity contribution in [3.05, 3.63) is 17.0 Å². The number of aliphatic hydroxyl groups is 1. The van der Waals surface area contributed by atoms with Crippen LogP contribution in [0.25, 0.3) is 0 Å². The van der Waals surface area contributed by atoms with Crippen LogP contribution in [0, 0.1) is 20.8 Å². The van der Waals surface area contributed by atoms with Crippen molar-refractivity contribution in [3.8, 4) is 0 Å². The van der Waals surface area contributed by atoms with Crippen molar-refractivity contribution in [3.63, 3.8) is 0 Å². The lowest BCUT2D eigenvalue weighted by Crippen LogP contribution is -2.36. The summed E-state index contributed by atoms with van der Waals surface area (Å²) >= 11 is 1.62. The van der Waals surface area contributed by atoms with E-state index in [9.17, 15) is 5.11 Å². The molecule has 1 aromatic rings. The lowest BCUT2D eigenvalue weighted by Gasteiger charge is -2.15. The standard InChI is InChI=1S/C13H21N3OS/c1-8-9(2)14-13(15-10(8)3)18-7-12(6-17)16-11-4-5-11/h11-12,16-17H,4-7H2,1-3H3. The van der Waals surface area contributed by atoms with E-state index in [0.717, 1.165) is 27.9 Å². The summed E-state index contributed by atoms with van der Waals surface area (Å²) in [5, 5.41) is 13.6. The molecule has 5 heteroatoms. The lowest BCUT2D eigenvalue weighted by molar-refractivity contribution is 0.253. The molecule has 0 aromatic carbocycles. The first-order chi connectivity index (χ1) is 8.60. The molecule has 4 nitrogen and oxygen atoms in total. The SMILES string of the molecule is Cc1nc(SCC(CO)NC2CC2)nc(C)c1C. The predicted octanol–water partition coefficient (Wildman–Crippen LogP) is 1.61. The number of rotatable bonds is 6. The van der Waals surface area contributed by atoms with Gasteiger partial charge in [0.25, 0.3) is 0 Å². The van der Waals surface area contributed by atoms with Gasteiger partial charge in [0.05, 0.1) is 6.61 Å². The summed E-state index contributed by atoms with van der Waals surface area (Å²) in [5.74, 6) is 0.814. The highest BCUT2D eigenvalue weighted by Crippen LogP contribution is 2.22. The van der Waals surface area contributed by atoms with Crippen LogP contribution >= 0.6 is 11.8 Å². The molecule has 1 aliphatic carbocycles. The van der Waals surface area contributed by atoms with E-state index >= 15 is 0 Å². The minimum Gasteiger partial charge on any atom is -0.395 e. The maximum absolute atomic E-state index is 9.32. The predicted molar refractivity (Wildman–Crippen MR) is 74.0 cm³/mol. The van der Waals surface area contributed by atoms with E-state index in [1.807, 2.05) is 20.8 Å². The third-order valence-corrected chi connectivity index (χ3v) is 4.30. The van der Waals surface area contributed by atoms with Crippen LogP contribution in [0.4, 0.5) is 0 Å². The summed E-state index contributed by atoms with van der Waals surface area (Å²) in [6.07, 6.45) is 2.47. The van der Waals surface area contributed by atoms with Crippen LogP contribution in [0.5, 0.6) is 0 Å². The third kappa shape index (κ3) is 3.67. The van der Waals surface area contributed by atoms with E-state index in [0.29, 0.717) is 6.04 Å². The Bertz CT molecular complexity index is 398. The highest BCUT2D eigenvalue weighted by atomic mass is 32.2. The molecule has 0 spiro atoms. The molecular formula is C13H21N3OS. The molecule has 1 atom stereocenters. The first-order valence-corrected chi connectivity index (χ1v) is 7.40. The van der Waals surface area contributed by atoms with Crippen LogP contribution < -0.4 is 5.32 Å².